The summed E-state index contributed by atoms with van der Waals surface area (Å²) >= 11 is 5.39. The number of ether oxygens (including phenoxy) is 1. The van der Waals surface area contributed by atoms with E-state index in [1.54, 1.807) is 12.1 Å². The molecule has 1 heterocycles. The van der Waals surface area contributed by atoms with Gasteiger partial charge in [-0.3, -0.25) is 4.79 Å². The second-order valence-corrected chi connectivity index (χ2v) is 5.71. The molecule has 1 N–H and O–H groups in total. The van der Waals surface area contributed by atoms with Gasteiger partial charge in [-0.1, -0.05) is 12.1 Å². The normalized spacial score (nSPS) is 17.9. The molecule has 22 heavy (non-hydrogen) atoms. The zero-order valence-corrected chi connectivity index (χ0v) is 13.5. The van der Waals surface area contributed by atoms with Crippen molar-refractivity contribution in [1.29, 1.82) is 0 Å². The maximum Gasteiger partial charge on any atom is 0.310 e. The molecule has 0 saturated carbocycles. The molecule has 120 valence electrons. The van der Waals surface area contributed by atoms with Gasteiger partial charge < -0.3 is 15.0 Å². The molecule has 0 radical (unpaired) electrons. The molecule has 0 spiro atoms. The monoisotopic (exact) mass is 324 g/mol. The Labute approximate surface area is 135 Å². The first kappa shape index (κ1) is 16.7. The maximum atomic E-state index is 12.9. The zero-order chi connectivity index (χ0) is 15.9. The summed E-state index contributed by atoms with van der Waals surface area (Å²) in [4.78, 5) is 13.8. The highest BCUT2D eigenvalue weighted by atomic mass is 32.1. The van der Waals surface area contributed by atoms with Crippen LogP contribution in [0.4, 0.5) is 4.39 Å². The fraction of sp³-hybridized carbons (Fsp3) is 0.500. The molecule has 0 aliphatic carbocycles. The summed E-state index contributed by atoms with van der Waals surface area (Å²) in [5.74, 6) is -0.507. The Balaban J connectivity index is 1.83. The average molecular weight is 324 g/mol. The number of piperidine rings is 1. The quantitative estimate of drug-likeness (QED) is 0.681. The van der Waals surface area contributed by atoms with Gasteiger partial charge in [-0.05, 0) is 49.7 Å². The van der Waals surface area contributed by atoms with Gasteiger partial charge in [0.2, 0.25) is 0 Å². The number of carbonyl (C=O) groups excluding carboxylic acids is 1. The number of benzene rings is 1. The molecule has 1 fully saturated rings. The number of rotatable bonds is 4. The molecular weight excluding hydrogens is 303 g/mol. The summed E-state index contributed by atoms with van der Waals surface area (Å²) in [6, 6.07) is 6.31. The van der Waals surface area contributed by atoms with E-state index in [9.17, 15) is 9.18 Å². The van der Waals surface area contributed by atoms with Crippen molar-refractivity contribution in [1.82, 2.24) is 10.2 Å². The number of halogens is 1. The van der Waals surface area contributed by atoms with E-state index in [4.69, 9.17) is 17.0 Å². The number of likely N-dealkylation sites (tertiary alicyclic amines) is 1. The Hall–Kier alpha value is -1.69. The third kappa shape index (κ3) is 4.66. The lowest BCUT2D eigenvalue weighted by molar-refractivity contribution is -0.149. The third-order valence-corrected chi connectivity index (χ3v) is 4.09. The molecule has 1 aromatic carbocycles. The van der Waals surface area contributed by atoms with Crippen LogP contribution in [0.3, 0.4) is 0 Å². The molecule has 6 heteroatoms. The topological polar surface area (TPSA) is 41.6 Å². The van der Waals surface area contributed by atoms with Gasteiger partial charge in [-0.15, -0.1) is 0 Å². The van der Waals surface area contributed by atoms with Gasteiger partial charge in [0.25, 0.3) is 0 Å². The smallest absolute Gasteiger partial charge is 0.310 e. The predicted octanol–water partition coefficient (Wildman–Crippen LogP) is 2.48. The molecule has 1 aliphatic rings. The van der Waals surface area contributed by atoms with Crippen molar-refractivity contribution in [2.75, 3.05) is 19.7 Å². The molecule has 0 bridgehead atoms. The number of nitrogens with zero attached hydrogens (tertiary/aromatic N) is 1. The second kappa shape index (κ2) is 8.08. The lowest BCUT2D eigenvalue weighted by Gasteiger charge is -2.33. The lowest BCUT2D eigenvalue weighted by atomic mass is 9.98. The molecule has 0 aromatic heterocycles. The van der Waals surface area contributed by atoms with E-state index in [1.807, 2.05) is 11.8 Å². The number of hydrogen-bond acceptors (Lipinski definition) is 3. The van der Waals surface area contributed by atoms with Gasteiger partial charge in [0.1, 0.15) is 5.82 Å². The summed E-state index contributed by atoms with van der Waals surface area (Å²) in [5.41, 5.74) is 0.961. The Morgan fingerprint density at radius 2 is 2.18 bits per heavy atom. The summed E-state index contributed by atoms with van der Waals surface area (Å²) in [7, 11) is 0. The number of carbonyl (C=O) groups is 1. The van der Waals surface area contributed by atoms with Crippen LogP contribution in [-0.2, 0) is 16.1 Å². The van der Waals surface area contributed by atoms with Crippen LogP contribution in [0.1, 0.15) is 25.3 Å². The first-order chi connectivity index (χ1) is 10.6. The lowest BCUT2D eigenvalue weighted by Crippen LogP contribution is -2.47. The highest BCUT2D eigenvalue weighted by Gasteiger charge is 2.27. The summed E-state index contributed by atoms with van der Waals surface area (Å²) < 4.78 is 17.9. The van der Waals surface area contributed by atoms with Crippen molar-refractivity contribution in [2.45, 2.75) is 26.3 Å². The standard InChI is InChI=1S/C16H21FN2O2S/c1-2-21-15(20)13-4-3-9-19(11-13)16(22)18-10-12-5-7-14(17)8-6-12/h5-8,13H,2-4,9-11H2,1H3,(H,18,22)/t13-/m0/s1. The average Bonchev–Trinajstić information content (AvgIpc) is 2.54. The molecule has 4 nitrogen and oxygen atoms in total. The van der Waals surface area contributed by atoms with Crippen molar-refractivity contribution in [3.8, 4) is 0 Å². The Bertz CT molecular complexity index is 521. The SMILES string of the molecule is CCOC(=O)[C@H]1CCCN(C(=S)NCc2ccc(F)cc2)C1. The van der Waals surface area contributed by atoms with Crippen molar-refractivity contribution >= 4 is 23.3 Å². The van der Waals surface area contributed by atoms with Gasteiger partial charge in [0.05, 0.1) is 12.5 Å². The van der Waals surface area contributed by atoms with E-state index in [2.05, 4.69) is 5.32 Å². The van der Waals surface area contributed by atoms with Crippen molar-refractivity contribution in [2.24, 2.45) is 5.92 Å². The number of thiocarbonyl (C=S) groups is 1. The molecule has 1 saturated heterocycles. The Morgan fingerprint density at radius 1 is 1.45 bits per heavy atom. The van der Waals surface area contributed by atoms with Gasteiger partial charge in [-0.25, -0.2) is 4.39 Å². The highest BCUT2D eigenvalue weighted by molar-refractivity contribution is 7.80. The van der Waals surface area contributed by atoms with Crippen molar-refractivity contribution in [3.63, 3.8) is 0 Å². The summed E-state index contributed by atoms with van der Waals surface area (Å²) in [5, 5.41) is 3.79. The van der Waals surface area contributed by atoms with E-state index in [0.717, 1.165) is 24.9 Å². The van der Waals surface area contributed by atoms with E-state index in [1.165, 1.54) is 12.1 Å². The van der Waals surface area contributed by atoms with Crippen molar-refractivity contribution in [3.05, 3.63) is 35.6 Å². The van der Waals surface area contributed by atoms with Crippen molar-refractivity contribution < 1.29 is 13.9 Å². The highest BCUT2D eigenvalue weighted by Crippen LogP contribution is 2.18. The van der Waals surface area contributed by atoms with E-state index >= 15 is 0 Å². The van der Waals surface area contributed by atoms with Crippen LogP contribution >= 0.6 is 12.2 Å². The minimum absolute atomic E-state index is 0.112. The van der Waals surface area contributed by atoms with Crippen LogP contribution in [0.2, 0.25) is 0 Å². The molecule has 0 amide bonds. The summed E-state index contributed by atoms with van der Waals surface area (Å²) in [6.07, 6.45) is 1.76. The zero-order valence-electron chi connectivity index (χ0n) is 12.7. The third-order valence-electron chi connectivity index (χ3n) is 3.69. The molecular formula is C16H21FN2O2S. The van der Waals surface area contributed by atoms with Gasteiger partial charge in [0.15, 0.2) is 5.11 Å². The Kier molecular flexibility index (Phi) is 6.12. The first-order valence-corrected chi connectivity index (χ1v) is 7.95. The minimum Gasteiger partial charge on any atom is -0.466 e. The molecule has 1 aliphatic heterocycles. The Morgan fingerprint density at radius 3 is 2.86 bits per heavy atom. The van der Waals surface area contributed by atoms with E-state index in [0.29, 0.717) is 24.8 Å². The summed E-state index contributed by atoms with van der Waals surface area (Å²) in [6.45, 7) is 4.19. The van der Waals surface area contributed by atoms with Crippen LogP contribution in [0, 0.1) is 11.7 Å². The number of hydrogen-bond donors (Lipinski definition) is 1. The minimum atomic E-state index is -0.250. The first-order valence-electron chi connectivity index (χ1n) is 7.54. The number of esters is 1. The molecule has 1 atom stereocenters. The fourth-order valence-electron chi connectivity index (χ4n) is 2.51. The molecule has 0 unspecified atom stereocenters. The van der Waals surface area contributed by atoms with E-state index in [-0.39, 0.29) is 17.7 Å². The van der Waals surface area contributed by atoms with E-state index < -0.39 is 0 Å². The van der Waals surface area contributed by atoms with Crippen LogP contribution in [0.5, 0.6) is 0 Å². The number of nitrogens with one attached hydrogen (secondary N) is 1. The van der Waals surface area contributed by atoms with Gasteiger partial charge >= 0.3 is 5.97 Å². The van der Waals surface area contributed by atoms with Crippen LogP contribution < -0.4 is 5.32 Å². The van der Waals surface area contributed by atoms with Gasteiger partial charge in [-0.2, -0.15) is 0 Å². The molecule has 1 aromatic rings. The largest absolute Gasteiger partial charge is 0.466 e. The van der Waals surface area contributed by atoms with Crippen LogP contribution in [0.15, 0.2) is 24.3 Å². The predicted molar refractivity (Wildman–Crippen MR) is 86.8 cm³/mol. The molecule has 2 rings (SSSR count). The van der Waals surface area contributed by atoms with Crippen LogP contribution in [-0.4, -0.2) is 35.7 Å². The van der Waals surface area contributed by atoms with Crippen LogP contribution in [0.25, 0.3) is 0 Å². The van der Waals surface area contributed by atoms with Gasteiger partial charge in [0, 0.05) is 19.6 Å². The fourth-order valence-corrected chi connectivity index (χ4v) is 2.74. The maximum absolute atomic E-state index is 12.9. The second-order valence-electron chi connectivity index (χ2n) is 5.32.